The standard InChI is InChI=1S/C19H22ClN3O4S2/c1-13-11-22(12-15-10-16(27-21-15)17-4-5-18(20)28-17)14(2)19(13)29(24,25)23-6-3-8-26-9-7-23/h4-5,10-11H,3,6-9,12H2,1-2H3. The van der Waals surface area contributed by atoms with E-state index < -0.39 is 10.0 Å². The maximum Gasteiger partial charge on any atom is 0.245 e. The molecule has 4 rings (SSSR count). The largest absolute Gasteiger partial charge is 0.380 e. The summed E-state index contributed by atoms with van der Waals surface area (Å²) in [4.78, 5) is 1.27. The van der Waals surface area contributed by atoms with Crippen molar-refractivity contribution >= 4 is 33.0 Å². The SMILES string of the molecule is Cc1cn(Cc2cc(-c3ccc(Cl)s3)on2)c(C)c1S(=O)(=O)N1CCCOCC1. The Hall–Kier alpha value is -1.65. The number of thiophene rings is 1. The first-order valence-corrected chi connectivity index (χ1v) is 12.0. The Bertz CT molecular complexity index is 1110. The molecule has 29 heavy (non-hydrogen) atoms. The van der Waals surface area contributed by atoms with Gasteiger partial charge in [-0.25, -0.2) is 8.42 Å². The minimum atomic E-state index is -3.58. The molecule has 3 aromatic heterocycles. The summed E-state index contributed by atoms with van der Waals surface area (Å²) in [6, 6.07) is 5.56. The van der Waals surface area contributed by atoms with Crippen molar-refractivity contribution in [3.05, 3.63) is 45.7 Å². The van der Waals surface area contributed by atoms with Gasteiger partial charge in [-0.05, 0) is 38.0 Å². The number of rotatable bonds is 5. The van der Waals surface area contributed by atoms with Crippen molar-refractivity contribution in [3.8, 4) is 10.6 Å². The molecule has 0 amide bonds. The van der Waals surface area contributed by atoms with E-state index in [4.69, 9.17) is 20.9 Å². The molecule has 1 fully saturated rings. The monoisotopic (exact) mass is 455 g/mol. The second kappa shape index (κ2) is 8.23. The summed E-state index contributed by atoms with van der Waals surface area (Å²) in [6.45, 7) is 5.95. The highest BCUT2D eigenvalue weighted by molar-refractivity contribution is 7.89. The molecule has 1 aliphatic heterocycles. The van der Waals surface area contributed by atoms with Gasteiger partial charge in [-0.1, -0.05) is 16.8 Å². The summed E-state index contributed by atoms with van der Waals surface area (Å²) in [5, 5.41) is 4.13. The third-order valence-electron chi connectivity index (χ3n) is 4.95. The molecule has 0 atom stereocenters. The molecule has 0 aromatic carbocycles. The van der Waals surface area contributed by atoms with Crippen LogP contribution in [0.2, 0.25) is 4.34 Å². The Morgan fingerprint density at radius 3 is 2.83 bits per heavy atom. The van der Waals surface area contributed by atoms with Crippen molar-refractivity contribution in [1.29, 1.82) is 0 Å². The van der Waals surface area contributed by atoms with Crippen LogP contribution in [0.5, 0.6) is 0 Å². The van der Waals surface area contributed by atoms with E-state index in [0.29, 0.717) is 60.0 Å². The fraction of sp³-hybridized carbons (Fsp3) is 0.421. The molecule has 0 N–H and O–H groups in total. The molecule has 0 unspecified atom stereocenters. The van der Waals surface area contributed by atoms with E-state index >= 15 is 0 Å². The molecule has 0 aliphatic carbocycles. The van der Waals surface area contributed by atoms with Crippen molar-refractivity contribution in [2.24, 2.45) is 0 Å². The second-order valence-corrected chi connectivity index (χ2v) is 10.6. The van der Waals surface area contributed by atoms with Crippen LogP contribution in [0, 0.1) is 13.8 Å². The van der Waals surface area contributed by atoms with Gasteiger partial charge in [-0.15, -0.1) is 11.3 Å². The summed E-state index contributed by atoms with van der Waals surface area (Å²) in [7, 11) is -3.58. The number of ether oxygens (including phenoxy) is 1. The van der Waals surface area contributed by atoms with Crippen LogP contribution in [0.15, 0.2) is 33.8 Å². The zero-order valence-electron chi connectivity index (χ0n) is 16.2. The molecule has 1 aliphatic rings. The number of aryl methyl sites for hydroxylation is 1. The lowest BCUT2D eigenvalue weighted by atomic mass is 10.3. The maximum atomic E-state index is 13.3. The number of hydrogen-bond acceptors (Lipinski definition) is 6. The number of nitrogens with zero attached hydrogens (tertiary/aromatic N) is 3. The molecule has 0 radical (unpaired) electrons. The van der Waals surface area contributed by atoms with Crippen molar-refractivity contribution in [2.75, 3.05) is 26.3 Å². The fourth-order valence-electron chi connectivity index (χ4n) is 3.58. The fourth-order valence-corrected chi connectivity index (χ4v) is 6.46. The van der Waals surface area contributed by atoms with Crippen LogP contribution in [0.1, 0.15) is 23.4 Å². The number of hydrogen-bond donors (Lipinski definition) is 0. The van der Waals surface area contributed by atoms with E-state index in [1.54, 1.807) is 0 Å². The van der Waals surface area contributed by atoms with Gasteiger partial charge in [0.2, 0.25) is 10.0 Å². The van der Waals surface area contributed by atoms with Gasteiger partial charge in [-0.3, -0.25) is 0 Å². The lowest BCUT2D eigenvalue weighted by Crippen LogP contribution is -2.33. The van der Waals surface area contributed by atoms with E-state index in [1.807, 2.05) is 42.8 Å². The van der Waals surface area contributed by atoms with E-state index in [-0.39, 0.29) is 0 Å². The minimum absolute atomic E-state index is 0.369. The lowest BCUT2D eigenvalue weighted by Gasteiger charge is -2.20. The first-order chi connectivity index (χ1) is 13.9. The zero-order valence-corrected chi connectivity index (χ0v) is 18.6. The summed E-state index contributed by atoms with van der Waals surface area (Å²) < 4.78 is 41.5. The van der Waals surface area contributed by atoms with Gasteiger partial charge in [0.1, 0.15) is 10.6 Å². The predicted octanol–water partition coefficient (Wildman–Crippen LogP) is 3.93. The molecular formula is C19H22ClN3O4S2. The van der Waals surface area contributed by atoms with Crippen LogP contribution in [0.25, 0.3) is 10.6 Å². The highest BCUT2D eigenvalue weighted by atomic mass is 35.5. The Kier molecular flexibility index (Phi) is 5.85. The van der Waals surface area contributed by atoms with Crippen LogP contribution in [0.3, 0.4) is 0 Å². The Labute approximate surface area is 178 Å². The zero-order chi connectivity index (χ0) is 20.6. The molecular weight excluding hydrogens is 434 g/mol. The molecule has 0 spiro atoms. The van der Waals surface area contributed by atoms with Crippen LogP contribution in [0.4, 0.5) is 0 Å². The van der Waals surface area contributed by atoms with Crippen LogP contribution in [-0.4, -0.2) is 48.8 Å². The van der Waals surface area contributed by atoms with Gasteiger partial charge < -0.3 is 13.8 Å². The lowest BCUT2D eigenvalue weighted by molar-refractivity contribution is 0.148. The van der Waals surface area contributed by atoms with Crippen molar-refractivity contribution in [3.63, 3.8) is 0 Å². The van der Waals surface area contributed by atoms with E-state index in [2.05, 4.69) is 5.16 Å². The summed E-state index contributed by atoms with van der Waals surface area (Å²) >= 11 is 7.41. The van der Waals surface area contributed by atoms with Gasteiger partial charge >= 0.3 is 0 Å². The summed E-state index contributed by atoms with van der Waals surface area (Å²) in [5.41, 5.74) is 2.13. The quantitative estimate of drug-likeness (QED) is 0.582. The van der Waals surface area contributed by atoms with Gasteiger partial charge in [0, 0.05) is 37.7 Å². The first kappa shape index (κ1) is 20.6. The molecule has 0 saturated carbocycles. The molecule has 0 bridgehead atoms. The normalized spacial score (nSPS) is 16.2. The topological polar surface area (TPSA) is 77.6 Å². The highest BCUT2D eigenvalue weighted by Gasteiger charge is 2.30. The van der Waals surface area contributed by atoms with Gasteiger partial charge in [-0.2, -0.15) is 4.31 Å². The first-order valence-electron chi connectivity index (χ1n) is 9.32. The third kappa shape index (κ3) is 4.15. The van der Waals surface area contributed by atoms with Crippen LogP contribution in [-0.2, 0) is 21.3 Å². The Balaban J connectivity index is 1.60. The van der Waals surface area contributed by atoms with Crippen LogP contribution < -0.4 is 0 Å². The number of aromatic nitrogens is 2. The van der Waals surface area contributed by atoms with Crippen molar-refractivity contribution < 1.29 is 17.7 Å². The van der Waals surface area contributed by atoms with Gasteiger partial charge in [0.15, 0.2) is 5.76 Å². The van der Waals surface area contributed by atoms with Crippen LogP contribution >= 0.6 is 22.9 Å². The molecule has 7 nitrogen and oxygen atoms in total. The van der Waals surface area contributed by atoms with E-state index in [9.17, 15) is 8.42 Å². The Morgan fingerprint density at radius 1 is 1.24 bits per heavy atom. The van der Waals surface area contributed by atoms with Crippen molar-refractivity contribution in [1.82, 2.24) is 14.0 Å². The Morgan fingerprint density at radius 2 is 2.07 bits per heavy atom. The molecule has 156 valence electrons. The van der Waals surface area contributed by atoms with Gasteiger partial charge in [0.05, 0.1) is 22.4 Å². The highest BCUT2D eigenvalue weighted by Crippen LogP contribution is 2.32. The predicted molar refractivity (Wildman–Crippen MR) is 112 cm³/mol. The second-order valence-electron chi connectivity index (χ2n) is 7.01. The van der Waals surface area contributed by atoms with Crippen molar-refractivity contribution in [2.45, 2.75) is 31.7 Å². The maximum absolute atomic E-state index is 13.3. The smallest absolute Gasteiger partial charge is 0.245 e. The number of sulfonamides is 1. The molecule has 4 heterocycles. The van der Waals surface area contributed by atoms with Gasteiger partial charge in [0.25, 0.3) is 0 Å². The third-order valence-corrected chi connectivity index (χ3v) is 8.38. The molecule has 10 heteroatoms. The average molecular weight is 456 g/mol. The molecule has 3 aromatic rings. The molecule has 1 saturated heterocycles. The summed E-state index contributed by atoms with van der Waals surface area (Å²) in [5.74, 6) is 0.649. The van der Waals surface area contributed by atoms with E-state index in [1.165, 1.54) is 15.6 Å². The average Bonchev–Trinajstić information content (AvgIpc) is 3.29. The van der Waals surface area contributed by atoms with E-state index in [0.717, 1.165) is 16.1 Å². The minimum Gasteiger partial charge on any atom is -0.380 e. The summed E-state index contributed by atoms with van der Waals surface area (Å²) in [6.07, 6.45) is 2.55. The number of halogens is 1.